The first-order valence-electron chi connectivity index (χ1n) is 5.53. The molecule has 0 saturated carbocycles. The Morgan fingerprint density at radius 2 is 2.31 bits per heavy atom. The summed E-state index contributed by atoms with van der Waals surface area (Å²) in [5.41, 5.74) is 2.41. The molecule has 1 aliphatic carbocycles. The van der Waals surface area contributed by atoms with Crippen molar-refractivity contribution in [2.75, 3.05) is 7.11 Å². The standard InChI is InChI=1S/C13H16O3/c1-8(13(14)15)11-5-3-9-7-10(16-2)4-6-12(9)11/h4,6-8,11H,3,5H2,1-2H3,(H,14,15)/t8-,11+/m0/s1. The van der Waals surface area contributed by atoms with Gasteiger partial charge >= 0.3 is 5.97 Å². The number of aryl methyl sites for hydroxylation is 1. The molecule has 16 heavy (non-hydrogen) atoms. The SMILES string of the molecule is COc1ccc2c(c1)CC[C@@H]2[C@H](C)C(=O)O. The van der Waals surface area contributed by atoms with Gasteiger partial charge < -0.3 is 9.84 Å². The molecule has 0 amide bonds. The third-order valence-electron chi connectivity index (χ3n) is 3.47. The van der Waals surface area contributed by atoms with E-state index in [0.717, 1.165) is 18.6 Å². The highest BCUT2D eigenvalue weighted by molar-refractivity contribution is 5.71. The summed E-state index contributed by atoms with van der Waals surface area (Å²) >= 11 is 0. The van der Waals surface area contributed by atoms with E-state index in [2.05, 4.69) is 0 Å². The number of carbonyl (C=O) groups is 1. The number of rotatable bonds is 3. The van der Waals surface area contributed by atoms with Crippen molar-refractivity contribution >= 4 is 5.97 Å². The second-order valence-electron chi connectivity index (χ2n) is 4.34. The molecule has 2 rings (SSSR count). The van der Waals surface area contributed by atoms with Gasteiger partial charge in [0.15, 0.2) is 0 Å². The van der Waals surface area contributed by atoms with Crippen LogP contribution in [-0.4, -0.2) is 18.2 Å². The predicted molar refractivity (Wildman–Crippen MR) is 60.9 cm³/mol. The predicted octanol–water partition coefficient (Wildman–Crippen LogP) is 2.45. The van der Waals surface area contributed by atoms with Gasteiger partial charge in [0.1, 0.15) is 5.75 Å². The van der Waals surface area contributed by atoms with Gasteiger partial charge in [0.05, 0.1) is 13.0 Å². The fourth-order valence-corrected chi connectivity index (χ4v) is 2.45. The molecule has 1 aromatic rings. The first-order chi connectivity index (χ1) is 7.63. The monoisotopic (exact) mass is 220 g/mol. The Morgan fingerprint density at radius 3 is 2.94 bits per heavy atom. The van der Waals surface area contributed by atoms with Crippen molar-refractivity contribution in [1.29, 1.82) is 0 Å². The first-order valence-corrected chi connectivity index (χ1v) is 5.53. The van der Waals surface area contributed by atoms with Gasteiger partial charge in [-0.2, -0.15) is 0 Å². The lowest BCUT2D eigenvalue weighted by molar-refractivity contribution is -0.141. The highest BCUT2D eigenvalue weighted by atomic mass is 16.5. The summed E-state index contributed by atoms with van der Waals surface area (Å²) < 4.78 is 5.17. The van der Waals surface area contributed by atoms with E-state index in [1.807, 2.05) is 18.2 Å². The quantitative estimate of drug-likeness (QED) is 0.851. The van der Waals surface area contributed by atoms with Crippen LogP contribution in [0.1, 0.15) is 30.4 Å². The molecule has 3 nitrogen and oxygen atoms in total. The van der Waals surface area contributed by atoms with E-state index in [9.17, 15) is 4.79 Å². The highest BCUT2D eigenvalue weighted by Crippen LogP contribution is 2.39. The number of benzene rings is 1. The van der Waals surface area contributed by atoms with Crippen molar-refractivity contribution in [2.45, 2.75) is 25.7 Å². The van der Waals surface area contributed by atoms with Crippen LogP contribution in [0, 0.1) is 5.92 Å². The Kier molecular flexibility index (Phi) is 2.86. The summed E-state index contributed by atoms with van der Waals surface area (Å²) in [6, 6.07) is 5.93. The average molecular weight is 220 g/mol. The number of carboxylic acids is 1. The van der Waals surface area contributed by atoms with E-state index in [0.29, 0.717) is 0 Å². The van der Waals surface area contributed by atoms with Crippen LogP contribution in [-0.2, 0) is 11.2 Å². The maximum absolute atomic E-state index is 11.0. The van der Waals surface area contributed by atoms with Crippen LogP contribution in [0.4, 0.5) is 0 Å². The van der Waals surface area contributed by atoms with Crippen LogP contribution in [0.3, 0.4) is 0 Å². The van der Waals surface area contributed by atoms with Crippen LogP contribution in [0.5, 0.6) is 5.75 Å². The van der Waals surface area contributed by atoms with Gasteiger partial charge in [0.25, 0.3) is 0 Å². The van der Waals surface area contributed by atoms with Gasteiger partial charge in [0.2, 0.25) is 0 Å². The molecule has 0 fully saturated rings. The summed E-state index contributed by atoms with van der Waals surface area (Å²) in [5, 5.41) is 9.04. The van der Waals surface area contributed by atoms with Crippen molar-refractivity contribution in [3.05, 3.63) is 29.3 Å². The number of ether oxygens (including phenoxy) is 1. The molecule has 3 heteroatoms. The minimum absolute atomic E-state index is 0.151. The van der Waals surface area contributed by atoms with Crippen molar-refractivity contribution in [3.63, 3.8) is 0 Å². The van der Waals surface area contributed by atoms with E-state index in [1.165, 1.54) is 11.1 Å². The van der Waals surface area contributed by atoms with Gasteiger partial charge in [-0.25, -0.2) is 0 Å². The van der Waals surface area contributed by atoms with Gasteiger partial charge in [0, 0.05) is 0 Å². The molecule has 0 bridgehead atoms. The largest absolute Gasteiger partial charge is 0.497 e. The summed E-state index contributed by atoms with van der Waals surface area (Å²) in [6.45, 7) is 1.78. The zero-order valence-electron chi connectivity index (χ0n) is 9.56. The van der Waals surface area contributed by atoms with Crippen LogP contribution in [0.2, 0.25) is 0 Å². The highest BCUT2D eigenvalue weighted by Gasteiger charge is 2.31. The molecule has 0 aliphatic heterocycles. The molecule has 0 aromatic heterocycles. The minimum atomic E-state index is -0.714. The number of hydrogen-bond acceptors (Lipinski definition) is 2. The van der Waals surface area contributed by atoms with E-state index in [4.69, 9.17) is 9.84 Å². The van der Waals surface area contributed by atoms with E-state index >= 15 is 0 Å². The smallest absolute Gasteiger partial charge is 0.306 e. The average Bonchev–Trinajstić information content (AvgIpc) is 2.70. The molecular weight excluding hydrogens is 204 g/mol. The molecule has 0 unspecified atom stereocenters. The van der Waals surface area contributed by atoms with E-state index in [-0.39, 0.29) is 11.8 Å². The van der Waals surface area contributed by atoms with Gasteiger partial charge in [-0.15, -0.1) is 0 Å². The fourth-order valence-electron chi connectivity index (χ4n) is 2.45. The van der Waals surface area contributed by atoms with Crippen molar-refractivity contribution in [2.24, 2.45) is 5.92 Å². The van der Waals surface area contributed by atoms with Gasteiger partial charge in [-0.1, -0.05) is 13.0 Å². The Labute approximate surface area is 95.0 Å². The lowest BCUT2D eigenvalue weighted by Gasteiger charge is -2.16. The summed E-state index contributed by atoms with van der Waals surface area (Å²) in [4.78, 5) is 11.0. The Hall–Kier alpha value is -1.51. The number of methoxy groups -OCH3 is 1. The van der Waals surface area contributed by atoms with E-state index in [1.54, 1.807) is 14.0 Å². The molecule has 0 saturated heterocycles. The lowest BCUT2D eigenvalue weighted by Crippen LogP contribution is -2.17. The molecule has 1 aromatic carbocycles. The van der Waals surface area contributed by atoms with Gasteiger partial charge in [-0.3, -0.25) is 4.79 Å². The normalized spacial score (nSPS) is 20.2. The number of hydrogen-bond donors (Lipinski definition) is 1. The number of aliphatic carboxylic acids is 1. The molecule has 1 N–H and O–H groups in total. The molecule has 2 atom stereocenters. The number of fused-ring (bicyclic) bond motifs is 1. The minimum Gasteiger partial charge on any atom is -0.497 e. The number of carboxylic acid groups (broad SMARTS) is 1. The molecule has 0 radical (unpaired) electrons. The third-order valence-corrected chi connectivity index (χ3v) is 3.47. The summed E-state index contributed by atoms with van der Waals surface area (Å²) in [7, 11) is 1.65. The topological polar surface area (TPSA) is 46.5 Å². The van der Waals surface area contributed by atoms with Crippen LogP contribution < -0.4 is 4.74 Å². The van der Waals surface area contributed by atoms with Crippen molar-refractivity contribution in [1.82, 2.24) is 0 Å². The maximum atomic E-state index is 11.0. The molecular formula is C13H16O3. The second-order valence-corrected chi connectivity index (χ2v) is 4.34. The van der Waals surface area contributed by atoms with Crippen LogP contribution in [0.15, 0.2) is 18.2 Å². The fraction of sp³-hybridized carbons (Fsp3) is 0.462. The maximum Gasteiger partial charge on any atom is 0.306 e. The third kappa shape index (κ3) is 1.77. The van der Waals surface area contributed by atoms with Crippen LogP contribution in [0.25, 0.3) is 0 Å². The summed E-state index contributed by atoms with van der Waals surface area (Å²) in [6.07, 6.45) is 1.88. The Bertz CT molecular complexity index is 412. The molecule has 1 aliphatic rings. The lowest BCUT2D eigenvalue weighted by atomic mass is 9.89. The Balaban J connectivity index is 2.30. The molecule has 0 spiro atoms. The molecule has 86 valence electrons. The molecule has 0 heterocycles. The van der Waals surface area contributed by atoms with Gasteiger partial charge in [-0.05, 0) is 42.0 Å². The second kappa shape index (κ2) is 4.16. The van der Waals surface area contributed by atoms with Crippen molar-refractivity contribution < 1.29 is 14.6 Å². The van der Waals surface area contributed by atoms with Crippen LogP contribution >= 0.6 is 0 Å². The van der Waals surface area contributed by atoms with Crippen molar-refractivity contribution in [3.8, 4) is 5.75 Å². The summed E-state index contributed by atoms with van der Waals surface area (Å²) in [5.74, 6) is -0.0240. The Morgan fingerprint density at radius 1 is 1.56 bits per heavy atom. The zero-order chi connectivity index (χ0) is 11.7. The van der Waals surface area contributed by atoms with E-state index < -0.39 is 5.97 Å². The zero-order valence-corrected chi connectivity index (χ0v) is 9.56. The first kappa shape index (κ1) is 11.0.